The molecule has 2 heteroatoms. The Kier molecular flexibility index (Phi) is 4.23. The summed E-state index contributed by atoms with van der Waals surface area (Å²) in [5.74, 6) is 1.96. The van der Waals surface area contributed by atoms with Gasteiger partial charge in [0.25, 0.3) is 0 Å². The Morgan fingerprint density at radius 1 is 1.38 bits per heavy atom. The van der Waals surface area contributed by atoms with Crippen molar-refractivity contribution in [3.63, 3.8) is 0 Å². The maximum Gasteiger partial charge on any atom is 0.119 e. The minimum Gasteiger partial charge on any atom is -0.494 e. The van der Waals surface area contributed by atoms with E-state index < -0.39 is 0 Å². The van der Waals surface area contributed by atoms with Crippen molar-refractivity contribution >= 4 is 0 Å². The van der Waals surface area contributed by atoms with Crippen molar-refractivity contribution < 1.29 is 4.74 Å². The van der Waals surface area contributed by atoms with Gasteiger partial charge in [0.05, 0.1) is 6.61 Å². The highest BCUT2D eigenvalue weighted by atomic mass is 16.5. The van der Waals surface area contributed by atoms with E-state index >= 15 is 0 Å². The van der Waals surface area contributed by atoms with Gasteiger partial charge in [0.2, 0.25) is 0 Å². The van der Waals surface area contributed by atoms with Gasteiger partial charge >= 0.3 is 0 Å². The van der Waals surface area contributed by atoms with Crippen LogP contribution in [-0.2, 0) is 0 Å². The van der Waals surface area contributed by atoms with Gasteiger partial charge in [-0.15, -0.1) is 0 Å². The van der Waals surface area contributed by atoms with Gasteiger partial charge in [-0.2, -0.15) is 0 Å². The minimum absolute atomic E-state index is 0.807. The van der Waals surface area contributed by atoms with Crippen LogP contribution in [0.5, 0.6) is 5.75 Å². The van der Waals surface area contributed by atoms with E-state index in [1.165, 1.54) is 24.9 Å². The summed E-state index contributed by atoms with van der Waals surface area (Å²) >= 11 is 0. The summed E-state index contributed by atoms with van der Waals surface area (Å²) in [5.41, 5.74) is 1.25. The first-order valence-corrected chi connectivity index (χ1v) is 6.25. The molecule has 1 fully saturated rings. The Hall–Kier alpha value is -1.02. The van der Waals surface area contributed by atoms with E-state index in [9.17, 15) is 0 Å². The van der Waals surface area contributed by atoms with Crippen LogP contribution in [0.1, 0.15) is 24.8 Å². The SMILES string of the molecule is Cc1cccc(OCCCNCC2CC2)c1. The number of hydrogen-bond donors (Lipinski definition) is 1. The fraction of sp³-hybridized carbons (Fsp3) is 0.571. The van der Waals surface area contributed by atoms with Gasteiger partial charge in [0.1, 0.15) is 5.75 Å². The van der Waals surface area contributed by atoms with Crippen LogP contribution in [-0.4, -0.2) is 19.7 Å². The first kappa shape index (κ1) is 11.5. The molecule has 0 aliphatic heterocycles. The maximum atomic E-state index is 5.67. The molecule has 0 heterocycles. The lowest BCUT2D eigenvalue weighted by atomic mass is 10.2. The summed E-state index contributed by atoms with van der Waals surface area (Å²) in [6, 6.07) is 8.22. The standard InChI is InChI=1S/C14H21NO/c1-12-4-2-5-14(10-12)16-9-3-8-15-11-13-6-7-13/h2,4-5,10,13,15H,3,6-9,11H2,1H3. The van der Waals surface area contributed by atoms with Gasteiger partial charge in [-0.25, -0.2) is 0 Å². The van der Waals surface area contributed by atoms with E-state index in [2.05, 4.69) is 24.4 Å². The van der Waals surface area contributed by atoms with Gasteiger partial charge in [0, 0.05) is 0 Å². The third-order valence-corrected chi connectivity index (χ3v) is 2.89. The van der Waals surface area contributed by atoms with Crippen LogP contribution in [0.25, 0.3) is 0 Å². The summed E-state index contributed by atoms with van der Waals surface area (Å²) in [6.45, 7) is 5.16. The molecule has 0 amide bonds. The van der Waals surface area contributed by atoms with Crippen molar-refractivity contribution in [1.82, 2.24) is 5.32 Å². The molecule has 1 aliphatic rings. The second-order valence-corrected chi connectivity index (χ2v) is 4.67. The van der Waals surface area contributed by atoms with Crippen LogP contribution < -0.4 is 10.1 Å². The molecule has 1 N–H and O–H groups in total. The Morgan fingerprint density at radius 2 is 2.25 bits per heavy atom. The molecule has 2 nitrogen and oxygen atoms in total. The average Bonchev–Trinajstić information content (AvgIpc) is 3.07. The Bertz CT molecular complexity index is 320. The third-order valence-electron chi connectivity index (χ3n) is 2.89. The van der Waals surface area contributed by atoms with E-state index in [0.29, 0.717) is 0 Å². The van der Waals surface area contributed by atoms with Crippen molar-refractivity contribution in [1.29, 1.82) is 0 Å². The van der Waals surface area contributed by atoms with E-state index in [0.717, 1.165) is 31.2 Å². The predicted molar refractivity (Wildman–Crippen MR) is 66.9 cm³/mol. The van der Waals surface area contributed by atoms with Gasteiger partial charge < -0.3 is 10.1 Å². The predicted octanol–water partition coefficient (Wildman–Crippen LogP) is 2.76. The molecular formula is C14H21NO. The van der Waals surface area contributed by atoms with Crippen molar-refractivity contribution in [2.24, 2.45) is 5.92 Å². The zero-order valence-electron chi connectivity index (χ0n) is 10.0. The second-order valence-electron chi connectivity index (χ2n) is 4.67. The normalized spacial score (nSPS) is 15.1. The average molecular weight is 219 g/mol. The van der Waals surface area contributed by atoms with Gasteiger partial charge in [-0.3, -0.25) is 0 Å². The molecule has 0 bridgehead atoms. The van der Waals surface area contributed by atoms with E-state index in [4.69, 9.17) is 4.74 Å². The molecule has 0 atom stereocenters. The molecule has 0 aromatic heterocycles. The molecule has 1 saturated carbocycles. The fourth-order valence-electron chi connectivity index (χ4n) is 1.72. The zero-order valence-corrected chi connectivity index (χ0v) is 10.0. The smallest absolute Gasteiger partial charge is 0.119 e. The van der Waals surface area contributed by atoms with E-state index in [-0.39, 0.29) is 0 Å². The number of nitrogens with one attached hydrogen (secondary N) is 1. The van der Waals surface area contributed by atoms with E-state index in [1.54, 1.807) is 0 Å². The molecule has 1 aromatic carbocycles. The largest absolute Gasteiger partial charge is 0.494 e. The Balaban J connectivity index is 1.53. The third kappa shape index (κ3) is 4.23. The monoisotopic (exact) mass is 219 g/mol. The Labute approximate surface area is 98.0 Å². The topological polar surface area (TPSA) is 21.3 Å². The molecule has 16 heavy (non-hydrogen) atoms. The second kappa shape index (κ2) is 5.90. The fourth-order valence-corrected chi connectivity index (χ4v) is 1.72. The summed E-state index contributed by atoms with van der Waals surface area (Å²) < 4.78 is 5.67. The zero-order chi connectivity index (χ0) is 11.2. The summed E-state index contributed by atoms with van der Waals surface area (Å²) in [4.78, 5) is 0. The number of rotatable bonds is 7. The van der Waals surface area contributed by atoms with E-state index in [1.807, 2.05) is 12.1 Å². The highest BCUT2D eigenvalue weighted by molar-refractivity contribution is 5.27. The molecule has 1 aromatic rings. The first-order valence-electron chi connectivity index (χ1n) is 6.25. The summed E-state index contributed by atoms with van der Waals surface area (Å²) in [7, 11) is 0. The van der Waals surface area contributed by atoms with Crippen molar-refractivity contribution in [2.45, 2.75) is 26.2 Å². The van der Waals surface area contributed by atoms with Gasteiger partial charge in [0.15, 0.2) is 0 Å². The number of ether oxygens (including phenoxy) is 1. The van der Waals surface area contributed by atoms with Gasteiger partial charge in [-0.1, -0.05) is 12.1 Å². The van der Waals surface area contributed by atoms with Crippen LogP contribution in [0, 0.1) is 12.8 Å². The van der Waals surface area contributed by atoms with Crippen LogP contribution in [0.3, 0.4) is 0 Å². The molecule has 0 spiro atoms. The highest BCUT2D eigenvalue weighted by Gasteiger charge is 2.19. The maximum absolute atomic E-state index is 5.67. The quantitative estimate of drug-likeness (QED) is 0.712. The van der Waals surface area contributed by atoms with Crippen molar-refractivity contribution in [2.75, 3.05) is 19.7 Å². The molecule has 0 saturated heterocycles. The molecule has 1 aliphatic carbocycles. The summed E-state index contributed by atoms with van der Waals surface area (Å²) in [6.07, 6.45) is 3.93. The lowest BCUT2D eigenvalue weighted by Gasteiger charge is -2.07. The van der Waals surface area contributed by atoms with Crippen LogP contribution >= 0.6 is 0 Å². The first-order chi connectivity index (χ1) is 7.84. The molecule has 2 rings (SSSR count). The molecule has 0 radical (unpaired) electrons. The minimum atomic E-state index is 0.807. The number of hydrogen-bond acceptors (Lipinski definition) is 2. The van der Waals surface area contributed by atoms with Crippen LogP contribution in [0.2, 0.25) is 0 Å². The molecule has 88 valence electrons. The van der Waals surface area contributed by atoms with Crippen molar-refractivity contribution in [3.05, 3.63) is 29.8 Å². The highest BCUT2D eigenvalue weighted by Crippen LogP contribution is 2.27. The molecule has 0 unspecified atom stereocenters. The van der Waals surface area contributed by atoms with Gasteiger partial charge in [-0.05, 0) is 62.9 Å². The van der Waals surface area contributed by atoms with Crippen LogP contribution in [0.15, 0.2) is 24.3 Å². The van der Waals surface area contributed by atoms with Crippen molar-refractivity contribution in [3.8, 4) is 5.75 Å². The number of aryl methyl sites for hydroxylation is 1. The lowest BCUT2D eigenvalue weighted by molar-refractivity contribution is 0.307. The molecular weight excluding hydrogens is 198 g/mol. The number of benzene rings is 1. The summed E-state index contributed by atoms with van der Waals surface area (Å²) in [5, 5.41) is 3.46. The van der Waals surface area contributed by atoms with Crippen LogP contribution in [0.4, 0.5) is 0 Å². The lowest BCUT2D eigenvalue weighted by Crippen LogP contribution is -2.19. The Morgan fingerprint density at radius 3 is 3.00 bits per heavy atom.